The van der Waals surface area contributed by atoms with Crippen molar-refractivity contribution >= 4 is 41.5 Å². The molecule has 0 bridgehead atoms. The zero-order valence-electron chi connectivity index (χ0n) is 15.8. The molecule has 0 radical (unpaired) electrons. The Morgan fingerprint density at radius 1 is 1.25 bits per heavy atom. The van der Waals surface area contributed by atoms with Crippen molar-refractivity contribution in [2.24, 2.45) is 10.7 Å². The summed E-state index contributed by atoms with van der Waals surface area (Å²) in [6, 6.07) is 14.0. The summed E-state index contributed by atoms with van der Waals surface area (Å²) in [5.74, 6) is 0.450. The van der Waals surface area contributed by atoms with Crippen molar-refractivity contribution in [3.05, 3.63) is 64.9 Å². The molecule has 6 nitrogen and oxygen atoms in total. The van der Waals surface area contributed by atoms with Gasteiger partial charge in [-0.1, -0.05) is 29.8 Å². The van der Waals surface area contributed by atoms with Crippen LogP contribution in [0.25, 0.3) is 0 Å². The molecule has 0 amide bonds. The average molecular weight is 516 g/mol. The number of guanidine groups is 1. The third kappa shape index (κ3) is 7.20. The van der Waals surface area contributed by atoms with Crippen LogP contribution >= 0.6 is 35.6 Å². The molecule has 0 aliphatic carbocycles. The van der Waals surface area contributed by atoms with Gasteiger partial charge in [-0.2, -0.15) is 0 Å². The summed E-state index contributed by atoms with van der Waals surface area (Å²) in [6.45, 7) is 4.49. The number of nitrogens with one attached hydrogen (secondary N) is 1. The Kier molecular flexibility index (Phi) is 9.97. The smallest absolute Gasteiger partial charge is 0.188 e. The van der Waals surface area contributed by atoms with Crippen molar-refractivity contribution < 1.29 is 4.74 Å². The van der Waals surface area contributed by atoms with Crippen molar-refractivity contribution in [1.82, 2.24) is 15.2 Å². The van der Waals surface area contributed by atoms with Gasteiger partial charge in [0.1, 0.15) is 0 Å². The van der Waals surface area contributed by atoms with Crippen LogP contribution in [0, 0.1) is 0 Å². The highest BCUT2D eigenvalue weighted by atomic mass is 127. The van der Waals surface area contributed by atoms with E-state index in [0.717, 1.165) is 49.0 Å². The number of nitrogens with zero attached hydrogens (tertiary/aromatic N) is 3. The molecule has 1 fully saturated rings. The molecule has 0 saturated carbocycles. The predicted octanol–water partition coefficient (Wildman–Crippen LogP) is 2.87. The van der Waals surface area contributed by atoms with Crippen molar-refractivity contribution in [2.45, 2.75) is 12.5 Å². The molecule has 1 atom stereocenters. The van der Waals surface area contributed by atoms with E-state index in [4.69, 9.17) is 22.1 Å². The molecular weight excluding hydrogens is 489 g/mol. The van der Waals surface area contributed by atoms with E-state index in [1.807, 2.05) is 36.4 Å². The summed E-state index contributed by atoms with van der Waals surface area (Å²) in [4.78, 5) is 11.3. The highest BCUT2D eigenvalue weighted by Gasteiger charge is 2.22. The molecule has 1 aliphatic heterocycles. The van der Waals surface area contributed by atoms with E-state index in [9.17, 15) is 0 Å². The Balaban J connectivity index is 0.00000280. The van der Waals surface area contributed by atoms with E-state index in [0.29, 0.717) is 19.0 Å². The molecular formula is C20H27ClIN5O. The van der Waals surface area contributed by atoms with Crippen molar-refractivity contribution in [2.75, 3.05) is 39.4 Å². The highest BCUT2D eigenvalue weighted by molar-refractivity contribution is 14.0. The molecule has 3 N–H and O–H groups in total. The number of morpholine rings is 1. The van der Waals surface area contributed by atoms with Gasteiger partial charge in [-0.3, -0.25) is 14.9 Å². The van der Waals surface area contributed by atoms with Gasteiger partial charge in [0.25, 0.3) is 0 Å². The number of aromatic nitrogens is 1. The number of pyridine rings is 1. The van der Waals surface area contributed by atoms with Crippen LogP contribution < -0.4 is 11.1 Å². The largest absolute Gasteiger partial charge is 0.379 e. The number of aliphatic imine (C=N–C) groups is 1. The fourth-order valence-electron chi connectivity index (χ4n) is 3.14. The zero-order valence-corrected chi connectivity index (χ0v) is 18.8. The minimum absolute atomic E-state index is 0. The van der Waals surface area contributed by atoms with Crippen LogP contribution in [0.1, 0.15) is 17.3 Å². The van der Waals surface area contributed by atoms with Gasteiger partial charge >= 0.3 is 0 Å². The molecule has 1 aromatic heterocycles. The van der Waals surface area contributed by atoms with Crippen LogP contribution in [-0.2, 0) is 11.2 Å². The van der Waals surface area contributed by atoms with Gasteiger partial charge in [0.2, 0.25) is 0 Å². The number of hydrogen-bond donors (Lipinski definition) is 2. The maximum atomic E-state index is 6.20. The molecule has 1 unspecified atom stereocenters. The fourth-order valence-corrected chi connectivity index (χ4v) is 3.34. The molecule has 28 heavy (non-hydrogen) atoms. The predicted molar refractivity (Wildman–Crippen MR) is 124 cm³/mol. The molecule has 152 valence electrons. The molecule has 2 aromatic rings. The minimum atomic E-state index is 0. The van der Waals surface area contributed by atoms with Gasteiger partial charge in [-0.05, 0) is 29.8 Å². The van der Waals surface area contributed by atoms with Crippen LogP contribution in [0.5, 0.6) is 0 Å². The number of ether oxygens (including phenoxy) is 1. The lowest BCUT2D eigenvalue weighted by Crippen LogP contribution is -2.41. The summed E-state index contributed by atoms with van der Waals surface area (Å²) in [5, 5.41) is 3.90. The zero-order chi connectivity index (χ0) is 18.9. The summed E-state index contributed by atoms with van der Waals surface area (Å²) < 4.78 is 5.48. The Labute approximate surface area is 188 Å². The first-order chi connectivity index (χ1) is 13.2. The lowest BCUT2D eigenvalue weighted by atomic mass is 10.0. The van der Waals surface area contributed by atoms with E-state index in [1.54, 1.807) is 6.20 Å². The van der Waals surface area contributed by atoms with E-state index in [-0.39, 0.29) is 30.0 Å². The van der Waals surface area contributed by atoms with Gasteiger partial charge < -0.3 is 15.8 Å². The average Bonchev–Trinajstić information content (AvgIpc) is 2.70. The van der Waals surface area contributed by atoms with Crippen LogP contribution in [0.4, 0.5) is 0 Å². The standard InChI is InChI=1S/C20H26ClN5O.HI/c21-17-5-3-4-16(14-17)19(26-10-12-27-13-11-26)15-25-20(22)24-9-7-18-6-1-2-8-23-18;/h1-6,8,14,19H,7,9-13,15H2,(H3,22,24,25);1H. The minimum Gasteiger partial charge on any atom is -0.379 e. The van der Waals surface area contributed by atoms with Crippen LogP contribution in [0.15, 0.2) is 53.7 Å². The van der Waals surface area contributed by atoms with Gasteiger partial charge in [0.15, 0.2) is 5.96 Å². The van der Waals surface area contributed by atoms with Gasteiger partial charge in [-0.15, -0.1) is 24.0 Å². The molecule has 0 spiro atoms. The monoisotopic (exact) mass is 515 g/mol. The second kappa shape index (κ2) is 12.2. The van der Waals surface area contributed by atoms with E-state index >= 15 is 0 Å². The second-order valence-corrected chi connectivity index (χ2v) is 6.88. The van der Waals surface area contributed by atoms with Crippen molar-refractivity contribution in [3.63, 3.8) is 0 Å². The number of benzene rings is 1. The number of hydrogen-bond acceptors (Lipinski definition) is 4. The highest BCUT2D eigenvalue weighted by Crippen LogP contribution is 2.24. The van der Waals surface area contributed by atoms with E-state index in [1.165, 1.54) is 0 Å². The van der Waals surface area contributed by atoms with Crippen LogP contribution in [-0.4, -0.2) is 55.2 Å². The lowest BCUT2D eigenvalue weighted by Gasteiger charge is -2.34. The Hall–Kier alpha value is -1.42. The topological polar surface area (TPSA) is 75.8 Å². The molecule has 1 saturated heterocycles. The maximum absolute atomic E-state index is 6.20. The Bertz CT molecular complexity index is 740. The van der Waals surface area contributed by atoms with Crippen LogP contribution in [0.3, 0.4) is 0 Å². The molecule has 8 heteroatoms. The van der Waals surface area contributed by atoms with Gasteiger partial charge in [0.05, 0.1) is 25.8 Å². The SMILES string of the molecule is I.NC(=NCC(c1cccc(Cl)c1)N1CCOCC1)NCCc1ccccn1. The number of rotatable bonds is 7. The van der Waals surface area contributed by atoms with E-state index in [2.05, 4.69) is 26.3 Å². The summed E-state index contributed by atoms with van der Waals surface area (Å²) in [6.07, 6.45) is 2.60. The maximum Gasteiger partial charge on any atom is 0.188 e. The normalized spacial score (nSPS) is 16.2. The van der Waals surface area contributed by atoms with Crippen molar-refractivity contribution in [1.29, 1.82) is 0 Å². The summed E-state index contributed by atoms with van der Waals surface area (Å²) >= 11 is 6.20. The first-order valence-electron chi connectivity index (χ1n) is 9.23. The van der Waals surface area contributed by atoms with Crippen molar-refractivity contribution in [3.8, 4) is 0 Å². The summed E-state index contributed by atoms with van der Waals surface area (Å²) in [7, 11) is 0. The van der Waals surface area contributed by atoms with Gasteiger partial charge in [-0.25, -0.2) is 0 Å². The quantitative estimate of drug-likeness (QED) is 0.337. The Morgan fingerprint density at radius 3 is 2.79 bits per heavy atom. The Morgan fingerprint density at radius 2 is 2.07 bits per heavy atom. The summed E-state index contributed by atoms with van der Waals surface area (Å²) in [5.41, 5.74) is 8.25. The third-order valence-electron chi connectivity index (χ3n) is 4.57. The lowest BCUT2D eigenvalue weighted by molar-refractivity contribution is 0.0180. The first kappa shape index (κ1) is 22.9. The second-order valence-electron chi connectivity index (χ2n) is 6.44. The molecule has 2 heterocycles. The number of halogens is 2. The fraction of sp³-hybridized carbons (Fsp3) is 0.400. The third-order valence-corrected chi connectivity index (χ3v) is 4.80. The first-order valence-corrected chi connectivity index (χ1v) is 9.61. The van der Waals surface area contributed by atoms with Gasteiger partial charge in [0, 0.05) is 43.0 Å². The molecule has 1 aliphatic rings. The number of nitrogens with two attached hydrogens (primary N) is 1. The molecule has 1 aromatic carbocycles. The van der Waals surface area contributed by atoms with Crippen LogP contribution in [0.2, 0.25) is 5.02 Å². The molecule has 3 rings (SSSR count). The van der Waals surface area contributed by atoms with E-state index < -0.39 is 0 Å².